The van der Waals surface area contributed by atoms with E-state index in [0.29, 0.717) is 18.8 Å². The zero-order valence-corrected chi connectivity index (χ0v) is 19.4. The van der Waals surface area contributed by atoms with Crippen LogP contribution in [0.25, 0.3) is 0 Å². The summed E-state index contributed by atoms with van der Waals surface area (Å²) in [6, 6.07) is 10.5. The molecule has 2 aromatic rings. The highest BCUT2D eigenvalue weighted by Gasteiger charge is 2.32. The quantitative estimate of drug-likeness (QED) is 0.700. The molecule has 1 amide bonds. The summed E-state index contributed by atoms with van der Waals surface area (Å²) in [5.74, 6) is -0.146. The summed E-state index contributed by atoms with van der Waals surface area (Å²) in [7, 11) is -1.69. The molecule has 1 N–H and O–H groups in total. The molecular weight excluding hydrogens is 422 g/mol. The summed E-state index contributed by atoms with van der Waals surface area (Å²) in [4.78, 5) is 15.8. The van der Waals surface area contributed by atoms with Gasteiger partial charge in [-0.1, -0.05) is 6.07 Å². The largest absolute Gasteiger partial charge is 0.373 e. The molecule has 0 bridgehead atoms. The maximum absolute atomic E-state index is 12.9. The van der Waals surface area contributed by atoms with Gasteiger partial charge in [-0.2, -0.15) is 4.31 Å². The summed E-state index contributed by atoms with van der Waals surface area (Å²) in [5, 5.41) is 4.86. The number of benzene rings is 1. The monoisotopic (exact) mass is 451 g/mol. The van der Waals surface area contributed by atoms with Gasteiger partial charge < -0.3 is 10.1 Å². The molecule has 3 rings (SSSR count). The van der Waals surface area contributed by atoms with Gasteiger partial charge in [0.15, 0.2) is 0 Å². The first kappa shape index (κ1) is 22.9. The van der Waals surface area contributed by atoms with Gasteiger partial charge in [0.05, 0.1) is 23.6 Å². The van der Waals surface area contributed by atoms with Crippen LogP contribution in [0.15, 0.2) is 46.7 Å². The van der Waals surface area contributed by atoms with Crippen LogP contribution in [0.4, 0.5) is 5.69 Å². The highest BCUT2D eigenvalue weighted by Crippen LogP contribution is 2.24. The van der Waals surface area contributed by atoms with E-state index < -0.39 is 10.0 Å². The molecule has 0 spiro atoms. The van der Waals surface area contributed by atoms with Gasteiger partial charge in [-0.3, -0.25) is 9.69 Å². The molecule has 1 aromatic heterocycles. The Morgan fingerprint density at radius 3 is 2.43 bits per heavy atom. The van der Waals surface area contributed by atoms with E-state index in [0.717, 1.165) is 0 Å². The summed E-state index contributed by atoms with van der Waals surface area (Å²) in [6.45, 7) is 6.70. The van der Waals surface area contributed by atoms with E-state index in [1.54, 1.807) is 23.5 Å². The Labute approximate surface area is 182 Å². The van der Waals surface area contributed by atoms with Gasteiger partial charge >= 0.3 is 0 Å². The number of thiophene rings is 1. The van der Waals surface area contributed by atoms with Crippen molar-refractivity contribution in [1.29, 1.82) is 0 Å². The molecule has 0 saturated carbocycles. The third-order valence-corrected chi connectivity index (χ3v) is 8.06. The highest BCUT2D eigenvalue weighted by molar-refractivity contribution is 7.89. The van der Waals surface area contributed by atoms with Gasteiger partial charge in [0.25, 0.3) is 0 Å². The van der Waals surface area contributed by atoms with Crippen molar-refractivity contribution in [3.05, 3.63) is 46.7 Å². The number of nitrogens with zero attached hydrogens (tertiary/aromatic N) is 2. The van der Waals surface area contributed by atoms with Crippen molar-refractivity contribution < 1.29 is 17.9 Å². The van der Waals surface area contributed by atoms with Gasteiger partial charge in [-0.15, -0.1) is 11.3 Å². The first-order valence-corrected chi connectivity index (χ1v) is 12.3. The molecule has 9 heteroatoms. The number of carbonyl (C=O) groups is 1. The lowest BCUT2D eigenvalue weighted by atomic mass is 10.2. The molecular formula is C21H29N3O4S2. The fourth-order valence-electron chi connectivity index (χ4n) is 3.50. The predicted octanol–water partition coefficient (Wildman–Crippen LogP) is 3.18. The third-order valence-electron chi connectivity index (χ3n) is 5.17. The molecule has 7 nitrogen and oxygen atoms in total. The molecule has 2 heterocycles. The summed E-state index contributed by atoms with van der Waals surface area (Å²) in [6.07, 6.45) is -0.286. The second-order valence-electron chi connectivity index (χ2n) is 7.76. The molecule has 164 valence electrons. The van der Waals surface area contributed by atoms with Gasteiger partial charge in [-0.05, 0) is 63.5 Å². The summed E-state index contributed by atoms with van der Waals surface area (Å²) < 4.78 is 32.9. The molecule has 0 radical (unpaired) electrons. The normalized spacial score (nSPS) is 21.5. The number of likely N-dealkylation sites (N-methyl/N-ethyl adjacent to an activating group) is 1. The topological polar surface area (TPSA) is 79.0 Å². The standard InChI is InChI=1S/C21H29N3O4S2/c1-15-12-24(13-16(2)28-15)30(26,27)19-9-7-18(8-10-19)22-21(25)14-23(4)17(3)20-6-5-11-29-20/h5-11,15-17H,12-14H2,1-4H3,(H,22,25)/t15-,16+,17-/m0/s1. The van der Waals surface area contributed by atoms with Crippen LogP contribution in [-0.2, 0) is 19.6 Å². The number of amides is 1. The maximum atomic E-state index is 12.9. The fraction of sp³-hybridized carbons (Fsp3) is 0.476. The minimum absolute atomic E-state index is 0.140. The number of hydrogen-bond donors (Lipinski definition) is 1. The molecule has 1 aliphatic heterocycles. The minimum atomic E-state index is -3.59. The van der Waals surface area contributed by atoms with Crippen molar-refractivity contribution in [2.24, 2.45) is 0 Å². The van der Waals surface area contributed by atoms with Crippen molar-refractivity contribution in [2.75, 3.05) is 32.0 Å². The molecule has 1 fully saturated rings. The first-order valence-electron chi connectivity index (χ1n) is 9.96. The highest BCUT2D eigenvalue weighted by atomic mass is 32.2. The van der Waals surface area contributed by atoms with E-state index in [1.807, 2.05) is 37.2 Å². The van der Waals surface area contributed by atoms with Crippen LogP contribution in [0.1, 0.15) is 31.7 Å². The second-order valence-corrected chi connectivity index (χ2v) is 10.7. The van der Waals surface area contributed by atoms with Crippen molar-refractivity contribution >= 4 is 33.0 Å². The first-order chi connectivity index (χ1) is 14.2. The fourth-order valence-corrected chi connectivity index (χ4v) is 5.94. The van der Waals surface area contributed by atoms with Crippen LogP contribution in [-0.4, -0.2) is 62.4 Å². The van der Waals surface area contributed by atoms with Crippen LogP contribution in [0.3, 0.4) is 0 Å². The van der Waals surface area contributed by atoms with E-state index in [4.69, 9.17) is 4.74 Å². The average Bonchev–Trinajstić information content (AvgIpc) is 3.21. The summed E-state index contributed by atoms with van der Waals surface area (Å²) >= 11 is 1.66. The predicted molar refractivity (Wildman–Crippen MR) is 119 cm³/mol. The molecule has 1 saturated heterocycles. The van der Waals surface area contributed by atoms with Gasteiger partial charge in [0.2, 0.25) is 15.9 Å². The van der Waals surface area contributed by atoms with Crippen molar-refractivity contribution in [2.45, 2.75) is 43.9 Å². The molecule has 3 atom stereocenters. The zero-order chi connectivity index (χ0) is 21.9. The van der Waals surface area contributed by atoms with E-state index in [-0.39, 0.29) is 35.6 Å². The molecule has 1 aliphatic rings. The van der Waals surface area contributed by atoms with Gasteiger partial charge in [-0.25, -0.2) is 8.42 Å². The zero-order valence-electron chi connectivity index (χ0n) is 17.7. The Morgan fingerprint density at radius 1 is 1.23 bits per heavy atom. The van der Waals surface area contributed by atoms with Gasteiger partial charge in [0, 0.05) is 29.7 Å². The number of hydrogen-bond acceptors (Lipinski definition) is 6. The van der Waals surface area contributed by atoms with Crippen molar-refractivity contribution in [3.63, 3.8) is 0 Å². The lowest BCUT2D eigenvalue weighted by Crippen LogP contribution is -2.48. The van der Waals surface area contributed by atoms with Gasteiger partial charge in [0.1, 0.15) is 0 Å². The third kappa shape index (κ3) is 5.47. The maximum Gasteiger partial charge on any atom is 0.243 e. The number of sulfonamides is 1. The number of rotatable bonds is 7. The van der Waals surface area contributed by atoms with E-state index in [1.165, 1.54) is 21.3 Å². The molecule has 0 aliphatic carbocycles. The SMILES string of the molecule is C[C@@H]1CN(S(=O)(=O)c2ccc(NC(=O)CN(C)[C@@H](C)c3cccs3)cc2)C[C@H](C)O1. The molecule has 0 unspecified atom stereocenters. The summed E-state index contributed by atoms with van der Waals surface area (Å²) in [5.41, 5.74) is 0.569. The molecule has 1 aromatic carbocycles. The smallest absolute Gasteiger partial charge is 0.243 e. The Morgan fingerprint density at radius 2 is 1.87 bits per heavy atom. The number of morpholine rings is 1. The minimum Gasteiger partial charge on any atom is -0.373 e. The second kappa shape index (κ2) is 9.57. The van der Waals surface area contributed by atoms with E-state index in [9.17, 15) is 13.2 Å². The number of carbonyl (C=O) groups excluding carboxylic acids is 1. The Bertz CT molecular complexity index is 935. The Kier molecular flexibility index (Phi) is 7.30. The lowest BCUT2D eigenvalue weighted by Gasteiger charge is -2.34. The Balaban J connectivity index is 1.60. The van der Waals surface area contributed by atoms with Crippen molar-refractivity contribution in [1.82, 2.24) is 9.21 Å². The van der Waals surface area contributed by atoms with Crippen LogP contribution in [0.2, 0.25) is 0 Å². The van der Waals surface area contributed by atoms with Crippen LogP contribution < -0.4 is 5.32 Å². The van der Waals surface area contributed by atoms with Crippen LogP contribution in [0.5, 0.6) is 0 Å². The number of anilines is 1. The van der Waals surface area contributed by atoms with E-state index in [2.05, 4.69) is 18.3 Å². The van der Waals surface area contributed by atoms with Crippen LogP contribution in [0, 0.1) is 0 Å². The lowest BCUT2D eigenvalue weighted by molar-refractivity contribution is -0.117. The Hall–Kier alpha value is -1.78. The van der Waals surface area contributed by atoms with Crippen LogP contribution >= 0.6 is 11.3 Å². The average molecular weight is 452 g/mol. The molecule has 30 heavy (non-hydrogen) atoms. The number of ether oxygens (including phenoxy) is 1. The van der Waals surface area contributed by atoms with Crippen molar-refractivity contribution in [3.8, 4) is 0 Å². The number of nitrogens with one attached hydrogen (secondary N) is 1. The van der Waals surface area contributed by atoms with E-state index >= 15 is 0 Å².